The van der Waals surface area contributed by atoms with Crippen molar-refractivity contribution in [2.75, 3.05) is 0 Å². The lowest BCUT2D eigenvalue weighted by Gasteiger charge is -2.14. The monoisotopic (exact) mass is 210 g/mol. The zero-order valence-corrected chi connectivity index (χ0v) is 9.06. The molecule has 2 nitrogen and oxygen atoms in total. The molecule has 2 aromatic rings. The summed E-state index contributed by atoms with van der Waals surface area (Å²) >= 11 is 0. The van der Waals surface area contributed by atoms with E-state index in [2.05, 4.69) is 46.9 Å². The number of aromatic amines is 1. The lowest BCUT2D eigenvalue weighted by Crippen LogP contribution is -2.06. The minimum absolute atomic E-state index is 0.375. The van der Waals surface area contributed by atoms with Crippen LogP contribution in [0.1, 0.15) is 22.7 Å². The Bertz CT molecular complexity index is 499. The van der Waals surface area contributed by atoms with E-state index in [0.29, 0.717) is 11.8 Å². The molecule has 1 N–H and O–H groups in total. The largest absolute Gasteiger partial charge is 0.351 e. The fourth-order valence-corrected chi connectivity index (χ4v) is 2.67. The summed E-state index contributed by atoms with van der Waals surface area (Å²) in [5, 5.41) is 0. The fourth-order valence-electron chi connectivity index (χ4n) is 2.67. The van der Waals surface area contributed by atoms with Crippen LogP contribution in [0.4, 0.5) is 0 Å². The Morgan fingerprint density at radius 2 is 2.25 bits per heavy atom. The highest BCUT2D eigenvalue weighted by molar-refractivity contribution is 5.42. The van der Waals surface area contributed by atoms with E-state index in [0.717, 1.165) is 12.1 Å². The van der Waals surface area contributed by atoms with Crippen LogP contribution in [0.2, 0.25) is 0 Å². The van der Waals surface area contributed by atoms with Crippen LogP contribution in [0.15, 0.2) is 49.4 Å². The molecule has 2 heteroatoms. The molecular formula is C14H14N2. The minimum Gasteiger partial charge on any atom is -0.351 e. The molecule has 0 spiro atoms. The summed E-state index contributed by atoms with van der Waals surface area (Å²) < 4.78 is 0. The Balaban J connectivity index is 2.11. The summed E-state index contributed by atoms with van der Waals surface area (Å²) in [6.45, 7) is 3.95. The molecule has 16 heavy (non-hydrogen) atoms. The normalized spacial score (nSPS) is 23.0. The molecule has 0 radical (unpaired) electrons. The van der Waals surface area contributed by atoms with Crippen molar-refractivity contribution in [1.82, 2.24) is 9.97 Å². The van der Waals surface area contributed by atoms with E-state index in [1.807, 2.05) is 6.20 Å². The van der Waals surface area contributed by atoms with E-state index < -0.39 is 0 Å². The van der Waals surface area contributed by atoms with Crippen molar-refractivity contribution >= 4 is 0 Å². The zero-order valence-electron chi connectivity index (χ0n) is 9.06. The van der Waals surface area contributed by atoms with Gasteiger partial charge in [-0.3, -0.25) is 0 Å². The lowest BCUT2D eigenvalue weighted by atomic mass is 9.90. The first-order chi connectivity index (χ1) is 7.90. The van der Waals surface area contributed by atoms with Crippen LogP contribution in [0.25, 0.3) is 0 Å². The van der Waals surface area contributed by atoms with Gasteiger partial charge in [-0.05, 0) is 23.5 Å². The molecule has 0 bridgehead atoms. The van der Waals surface area contributed by atoms with Gasteiger partial charge in [-0.15, -0.1) is 6.58 Å². The SMILES string of the molecule is C=CC1Cc2ccccc2C1c1c[nH]cn1. The fraction of sp³-hybridized carbons (Fsp3) is 0.214. The van der Waals surface area contributed by atoms with Gasteiger partial charge in [0.25, 0.3) is 0 Å². The summed E-state index contributed by atoms with van der Waals surface area (Å²) in [7, 11) is 0. The van der Waals surface area contributed by atoms with Crippen LogP contribution >= 0.6 is 0 Å². The van der Waals surface area contributed by atoms with Crippen LogP contribution in [0.3, 0.4) is 0 Å². The molecule has 1 aromatic carbocycles. The maximum Gasteiger partial charge on any atom is 0.0923 e. The van der Waals surface area contributed by atoms with Gasteiger partial charge < -0.3 is 4.98 Å². The predicted octanol–water partition coefficient (Wildman–Crippen LogP) is 2.90. The standard InChI is InChI=1S/C14H14N2/c1-2-10-7-11-5-3-4-6-12(11)14(10)13-8-15-9-16-13/h2-6,8-10,14H,1,7H2,(H,15,16). The average molecular weight is 210 g/mol. The van der Waals surface area contributed by atoms with Gasteiger partial charge >= 0.3 is 0 Å². The minimum atomic E-state index is 0.375. The molecule has 0 saturated carbocycles. The first-order valence-corrected chi connectivity index (χ1v) is 5.59. The van der Waals surface area contributed by atoms with Crippen molar-refractivity contribution in [2.24, 2.45) is 5.92 Å². The first-order valence-electron chi connectivity index (χ1n) is 5.59. The third-order valence-corrected chi connectivity index (χ3v) is 3.41. The molecule has 1 aromatic heterocycles. The van der Waals surface area contributed by atoms with Gasteiger partial charge in [0.05, 0.1) is 12.0 Å². The summed E-state index contributed by atoms with van der Waals surface area (Å²) in [5.41, 5.74) is 3.95. The van der Waals surface area contributed by atoms with Crippen molar-refractivity contribution < 1.29 is 0 Å². The number of allylic oxidation sites excluding steroid dienone is 1. The number of nitrogens with one attached hydrogen (secondary N) is 1. The second kappa shape index (κ2) is 3.63. The molecule has 0 saturated heterocycles. The molecule has 2 atom stereocenters. The number of hydrogen-bond acceptors (Lipinski definition) is 1. The molecule has 3 rings (SSSR count). The molecule has 0 amide bonds. The van der Waals surface area contributed by atoms with E-state index in [-0.39, 0.29) is 0 Å². The number of fused-ring (bicyclic) bond motifs is 1. The van der Waals surface area contributed by atoms with Crippen LogP contribution in [-0.2, 0) is 6.42 Å². The predicted molar refractivity (Wildman–Crippen MR) is 64.3 cm³/mol. The summed E-state index contributed by atoms with van der Waals surface area (Å²) in [6.07, 6.45) is 6.87. The molecule has 0 fully saturated rings. The molecule has 0 aliphatic heterocycles. The topological polar surface area (TPSA) is 28.7 Å². The second-order valence-electron chi connectivity index (χ2n) is 4.27. The van der Waals surface area contributed by atoms with Gasteiger partial charge in [-0.1, -0.05) is 30.3 Å². The van der Waals surface area contributed by atoms with Crippen LogP contribution in [0, 0.1) is 5.92 Å². The first kappa shape index (κ1) is 9.40. The Hall–Kier alpha value is -1.83. The van der Waals surface area contributed by atoms with Gasteiger partial charge in [0, 0.05) is 12.1 Å². The average Bonchev–Trinajstić information content (AvgIpc) is 2.94. The zero-order chi connectivity index (χ0) is 11.0. The Morgan fingerprint density at radius 3 is 3.00 bits per heavy atom. The van der Waals surface area contributed by atoms with Gasteiger partial charge in [0.2, 0.25) is 0 Å². The Labute approximate surface area is 95.0 Å². The molecule has 1 heterocycles. The highest BCUT2D eigenvalue weighted by atomic mass is 14.9. The van der Waals surface area contributed by atoms with E-state index in [1.54, 1.807) is 6.33 Å². The van der Waals surface area contributed by atoms with Crippen LogP contribution < -0.4 is 0 Å². The highest BCUT2D eigenvalue weighted by Crippen LogP contribution is 2.41. The molecule has 1 aliphatic rings. The molecule has 2 unspecified atom stereocenters. The smallest absolute Gasteiger partial charge is 0.0923 e. The van der Waals surface area contributed by atoms with Crippen molar-refractivity contribution in [3.05, 3.63) is 66.3 Å². The Kier molecular flexibility index (Phi) is 2.13. The quantitative estimate of drug-likeness (QED) is 0.758. The lowest BCUT2D eigenvalue weighted by molar-refractivity contribution is 0.611. The van der Waals surface area contributed by atoms with Crippen molar-refractivity contribution in [3.63, 3.8) is 0 Å². The van der Waals surface area contributed by atoms with E-state index >= 15 is 0 Å². The third kappa shape index (κ3) is 1.30. The number of imidazole rings is 1. The maximum atomic E-state index is 4.39. The van der Waals surface area contributed by atoms with Crippen LogP contribution in [0.5, 0.6) is 0 Å². The second-order valence-corrected chi connectivity index (χ2v) is 4.27. The Morgan fingerprint density at radius 1 is 1.38 bits per heavy atom. The molecular weight excluding hydrogens is 196 g/mol. The molecule has 1 aliphatic carbocycles. The highest BCUT2D eigenvalue weighted by Gasteiger charge is 2.32. The van der Waals surface area contributed by atoms with Crippen molar-refractivity contribution in [1.29, 1.82) is 0 Å². The van der Waals surface area contributed by atoms with Gasteiger partial charge in [0.15, 0.2) is 0 Å². The summed E-state index contributed by atoms with van der Waals surface area (Å²) in [4.78, 5) is 7.43. The van der Waals surface area contributed by atoms with Gasteiger partial charge in [0.1, 0.15) is 0 Å². The number of hydrogen-bond donors (Lipinski definition) is 1. The van der Waals surface area contributed by atoms with Gasteiger partial charge in [-0.2, -0.15) is 0 Å². The number of H-pyrrole nitrogens is 1. The third-order valence-electron chi connectivity index (χ3n) is 3.41. The van der Waals surface area contributed by atoms with E-state index in [1.165, 1.54) is 11.1 Å². The summed E-state index contributed by atoms with van der Waals surface area (Å²) in [5.74, 6) is 0.848. The molecule has 80 valence electrons. The van der Waals surface area contributed by atoms with E-state index in [4.69, 9.17) is 0 Å². The number of benzene rings is 1. The number of rotatable bonds is 2. The number of nitrogens with zero attached hydrogens (tertiary/aromatic N) is 1. The number of aromatic nitrogens is 2. The summed E-state index contributed by atoms with van der Waals surface area (Å²) in [6, 6.07) is 8.62. The van der Waals surface area contributed by atoms with Crippen molar-refractivity contribution in [2.45, 2.75) is 12.3 Å². The van der Waals surface area contributed by atoms with Crippen LogP contribution in [-0.4, -0.2) is 9.97 Å². The van der Waals surface area contributed by atoms with E-state index in [9.17, 15) is 0 Å². The van der Waals surface area contributed by atoms with Crippen molar-refractivity contribution in [3.8, 4) is 0 Å². The van der Waals surface area contributed by atoms with Gasteiger partial charge in [-0.25, -0.2) is 4.98 Å². The maximum absolute atomic E-state index is 4.39.